The molecule has 0 radical (unpaired) electrons. The number of hydrogen-bond donors (Lipinski definition) is 1. The van der Waals surface area contributed by atoms with E-state index in [-0.39, 0.29) is 11.2 Å². The Morgan fingerprint density at radius 2 is 2.33 bits per heavy atom. The number of anilines is 1. The van der Waals surface area contributed by atoms with Crippen LogP contribution in [0.1, 0.15) is 19.0 Å². The molecule has 1 N–H and O–H groups in total. The highest BCUT2D eigenvalue weighted by atomic mass is 32.1. The van der Waals surface area contributed by atoms with E-state index in [9.17, 15) is 18.0 Å². The number of rotatable bonds is 1. The molecular formula is C10H12F3N3OS. The number of nitrogens with zero attached hydrogens (tertiary/aromatic N) is 2. The van der Waals surface area contributed by atoms with E-state index in [1.54, 1.807) is 4.90 Å². The minimum atomic E-state index is -4.47. The van der Waals surface area contributed by atoms with E-state index >= 15 is 0 Å². The Hall–Kier alpha value is -1.31. The first-order chi connectivity index (χ1) is 8.36. The topological polar surface area (TPSA) is 45.2 Å². The Labute approximate surface area is 106 Å². The number of halogens is 3. The third-order valence-corrected chi connectivity index (χ3v) is 3.48. The van der Waals surface area contributed by atoms with Crippen molar-refractivity contribution in [1.82, 2.24) is 9.88 Å². The summed E-state index contributed by atoms with van der Waals surface area (Å²) in [4.78, 5) is 16.6. The fourth-order valence-corrected chi connectivity index (χ4v) is 2.46. The van der Waals surface area contributed by atoms with Gasteiger partial charge in [0.05, 0.1) is 0 Å². The van der Waals surface area contributed by atoms with E-state index < -0.39 is 11.9 Å². The molecule has 1 atom stereocenters. The number of aromatic nitrogens is 1. The van der Waals surface area contributed by atoms with Crippen LogP contribution in [0.4, 0.5) is 23.1 Å². The Morgan fingerprint density at radius 3 is 2.83 bits per heavy atom. The van der Waals surface area contributed by atoms with Gasteiger partial charge in [-0.3, -0.25) is 5.32 Å². The third kappa shape index (κ3) is 2.92. The van der Waals surface area contributed by atoms with Gasteiger partial charge in [-0.15, -0.1) is 11.3 Å². The monoisotopic (exact) mass is 279 g/mol. The highest BCUT2D eigenvalue weighted by Crippen LogP contribution is 2.31. The molecule has 1 saturated heterocycles. The minimum Gasteiger partial charge on any atom is -0.324 e. The lowest BCUT2D eigenvalue weighted by molar-refractivity contribution is -0.140. The van der Waals surface area contributed by atoms with Gasteiger partial charge < -0.3 is 4.90 Å². The molecule has 4 nitrogen and oxygen atoms in total. The van der Waals surface area contributed by atoms with Gasteiger partial charge in [-0.25, -0.2) is 9.78 Å². The van der Waals surface area contributed by atoms with Crippen molar-refractivity contribution in [3.63, 3.8) is 0 Å². The van der Waals surface area contributed by atoms with Crippen molar-refractivity contribution < 1.29 is 18.0 Å². The van der Waals surface area contributed by atoms with Gasteiger partial charge in [0.25, 0.3) is 0 Å². The average molecular weight is 279 g/mol. The predicted octanol–water partition coefficient (Wildman–Crippen LogP) is 3.04. The molecular weight excluding hydrogens is 267 g/mol. The van der Waals surface area contributed by atoms with Gasteiger partial charge in [-0.2, -0.15) is 13.2 Å². The zero-order chi connectivity index (χ0) is 13.3. The van der Waals surface area contributed by atoms with Crippen molar-refractivity contribution in [3.05, 3.63) is 11.1 Å². The molecule has 2 amide bonds. The highest BCUT2D eigenvalue weighted by Gasteiger charge is 2.34. The summed E-state index contributed by atoms with van der Waals surface area (Å²) < 4.78 is 36.9. The zero-order valence-corrected chi connectivity index (χ0v) is 10.4. The summed E-state index contributed by atoms with van der Waals surface area (Å²) >= 11 is 0.775. The van der Waals surface area contributed by atoms with Crippen LogP contribution in [-0.2, 0) is 6.18 Å². The summed E-state index contributed by atoms with van der Waals surface area (Å²) in [6.07, 6.45) is -3.55. The van der Waals surface area contributed by atoms with E-state index in [4.69, 9.17) is 0 Å². The summed E-state index contributed by atoms with van der Waals surface area (Å²) in [5.74, 6) is 0.429. The number of amides is 2. The molecule has 2 rings (SSSR count). The second-order valence-corrected chi connectivity index (χ2v) is 5.16. The first-order valence-electron chi connectivity index (χ1n) is 5.45. The number of carbonyl (C=O) groups excluding carboxylic acids is 1. The van der Waals surface area contributed by atoms with Crippen molar-refractivity contribution in [2.75, 3.05) is 18.4 Å². The number of carbonyl (C=O) groups is 1. The summed E-state index contributed by atoms with van der Waals surface area (Å²) in [7, 11) is 0. The van der Waals surface area contributed by atoms with E-state index in [1.165, 1.54) is 0 Å². The Balaban J connectivity index is 1.97. The van der Waals surface area contributed by atoms with Gasteiger partial charge in [-0.05, 0) is 12.3 Å². The lowest BCUT2D eigenvalue weighted by atomic mass is 10.2. The number of hydrogen-bond acceptors (Lipinski definition) is 3. The van der Waals surface area contributed by atoms with Crippen LogP contribution in [-0.4, -0.2) is 29.0 Å². The zero-order valence-electron chi connectivity index (χ0n) is 9.62. The summed E-state index contributed by atoms with van der Waals surface area (Å²) in [5, 5.41) is 3.26. The molecule has 1 aliphatic heterocycles. The van der Waals surface area contributed by atoms with Gasteiger partial charge in [0.15, 0.2) is 10.8 Å². The van der Waals surface area contributed by atoms with Crippen LogP contribution in [0, 0.1) is 5.92 Å². The molecule has 0 saturated carbocycles. The standard InChI is InChI=1S/C10H12F3N3OS/c1-6-2-3-16(4-6)9(17)15-8-14-7(5-18-8)10(11,12)13/h5-6H,2-4H2,1H3,(H,14,15,17)/t6-/m1/s1. The van der Waals surface area contributed by atoms with Crippen molar-refractivity contribution >= 4 is 22.5 Å². The normalized spacial score (nSPS) is 20.2. The molecule has 18 heavy (non-hydrogen) atoms. The van der Waals surface area contributed by atoms with Crippen molar-refractivity contribution in [1.29, 1.82) is 0 Å². The van der Waals surface area contributed by atoms with Crippen molar-refractivity contribution in [2.45, 2.75) is 19.5 Å². The van der Waals surface area contributed by atoms with Crippen molar-refractivity contribution in [3.8, 4) is 0 Å². The lowest BCUT2D eigenvalue weighted by Crippen LogP contribution is -2.32. The fourth-order valence-electron chi connectivity index (χ4n) is 1.75. The molecule has 0 aromatic carbocycles. The van der Waals surface area contributed by atoms with Gasteiger partial charge in [0, 0.05) is 18.5 Å². The van der Waals surface area contributed by atoms with E-state index in [1.807, 2.05) is 6.92 Å². The Morgan fingerprint density at radius 1 is 1.61 bits per heavy atom. The number of thiazole rings is 1. The maximum absolute atomic E-state index is 12.3. The predicted molar refractivity (Wildman–Crippen MR) is 61.5 cm³/mol. The smallest absolute Gasteiger partial charge is 0.324 e. The molecule has 2 heterocycles. The number of alkyl halides is 3. The molecule has 0 unspecified atom stereocenters. The largest absolute Gasteiger partial charge is 0.434 e. The Kier molecular flexibility index (Phi) is 3.47. The first-order valence-corrected chi connectivity index (χ1v) is 6.33. The molecule has 1 aliphatic rings. The maximum Gasteiger partial charge on any atom is 0.434 e. The molecule has 100 valence electrons. The minimum absolute atomic E-state index is 0.0214. The fraction of sp³-hybridized carbons (Fsp3) is 0.600. The van der Waals surface area contributed by atoms with Crippen LogP contribution in [0.3, 0.4) is 0 Å². The number of urea groups is 1. The first kappa shape index (κ1) is 13.1. The summed E-state index contributed by atoms with van der Waals surface area (Å²) in [6.45, 7) is 3.28. The molecule has 8 heteroatoms. The molecule has 1 aromatic rings. The summed E-state index contributed by atoms with van der Waals surface area (Å²) in [6, 6.07) is -0.387. The van der Waals surface area contributed by atoms with Crippen LogP contribution in [0.5, 0.6) is 0 Å². The van der Waals surface area contributed by atoms with Gasteiger partial charge in [0.2, 0.25) is 0 Å². The van der Waals surface area contributed by atoms with Crippen LogP contribution >= 0.6 is 11.3 Å². The van der Waals surface area contributed by atoms with Gasteiger partial charge in [-0.1, -0.05) is 6.92 Å². The third-order valence-electron chi connectivity index (χ3n) is 2.72. The van der Waals surface area contributed by atoms with E-state index in [0.29, 0.717) is 19.0 Å². The SMILES string of the molecule is C[C@@H]1CCN(C(=O)Nc2nc(C(F)(F)F)cs2)C1. The quantitative estimate of drug-likeness (QED) is 0.858. The second-order valence-electron chi connectivity index (χ2n) is 4.31. The van der Waals surface area contributed by atoms with Crippen LogP contribution < -0.4 is 5.32 Å². The van der Waals surface area contributed by atoms with E-state index in [2.05, 4.69) is 10.3 Å². The van der Waals surface area contributed by atoms with Gasteiger partial charge in [0.1, 0.15) is 0 Å². The van der Waals surface area contributed by atoms with Crippen LogP contribution in [0.25, 0.3) is 0 Å². The van der Waals surface area contributed by atoms with E-state index in [0.717, 1.165) is 23.1 Å². The molecule has 1 fully saturated rings. The number of nitrogens with one attached hydrogen (secondary N) is 1. The number of likely N-dealkylation sites (tertiary alicyclic amines) is 1. The van der Waals surface area contributed by atoms with Crippen molar-refractivity contribution in [2.24, 2.45) is 5.92 Å². The van der Waals surface area contributed by atoms with Crippen LogP contribution in [0.2, 0.25) is 0 Å². The lowest BCUT2D eigenvalue weighted by Gasteiger charge is -2.15. The van der Waals surface area contributed by atoms with Gasteiger partial charge >= 0.3 is 12.2 Å². The molecule has 0 bridgehead atoms. The maximum atomic E-state index is 12.3. The highest BCUT2D eigenvalue weighted by molar-refractivity contribution is 7.13. The molecule has 0 aliphatic carbocycles. The second kappa shape index (κ2) is 4.75. The Bertz CT molecular complexity index is 446. The average Bonchev–Trinajstić information content (AvgIpc) is 2.85. The molecule has 0 spiro atoms. The van der Waals surface area contributed by atoms with Crippen LogP contribution in [0.15, 0.2) is 5.38 Å². The summed E-state index contributed by atoms with van der Waals surface area (Å²) in [5.41, 5.74) is -0.974. The molecule has 1 aromatic heterocycles.